The molecule has 1 fully saturated rings. The minimum atomic E-state index is -1.22. The zero-order chi connectivity index (χ0) is 14.0. The molecule has 1 aliphatic carbocycles. The SMILES string of the molecule is COC(=O)C1(C(=O)OC)CC1c1ccccc1OC. The molecule has 0 radical (unpaired) electrons. The predicted molar refractivity (Wildman–Crippen MR) is 66.8 cm³/mol. The average Bonchev–Trinajstić information content (AvgIpc) is 3.22. The predicted octanol–water partition coefficient (Wildman–Crippen LogP) is 1.51. The minimum Gasteiger partial charge on any atom is -0.496 e. The van der Waals surface area contributed by atoms with Crippen LogP contribution in [0.15, 0.2) is 24.3 Å². The smallest absolute Gasteiger partial charge is 0.323 e. The molecule has 1 atom stereocenters. The third-order valence-corrected chi connectivity index (χ3v) is 3.57. The van der Waals surface area contributed by atoms with Gasteiger partial charge in [-0.15, -0.1) is 0 Å². The molecular weight excluding hydrogens is 248 g/mol. The van der Waals surface area contributed by atoms with Crippen molar-refractivity contribution >= 4 is 11.9 Å². The fourth-order valence-electron chi connectivity index (χ4n) is 2.49. The fourth-order valence-corrected chi connectivity index (χ4v) is 2.49. The summed E-state index contributed by atoms with van der Waals surface area (Å²) >= 11 is 0. The highest BCUT2D eigenvalue weighted by Crippen LogP contribution is 2.62. The maximum atomic E-state index is 11.9. The van der Waals surface area contributed by atoms with E-state index in [1.807, 2.05) is 18.2 Å². The van der Waals surface area contributed by atoms with Crippen LogP contribution in [-0.2, 0) is 19.1 Å². The Balaban J connectivity index is 2.38. The van der Waals surface area contributed by atoms with E-state index in [4.69, 9.17) is 14.2 Å². The molecule has 0 heterocycles. The topological polar surface area (TPSA) is 61.8 Å². The van der Waals surface area contributed by atoms with E-state index in [1.165, 1.54) is 14.2 Å². The number of esters is 2. The summed E-state index contributed by atoms with van der Waals surface area (Å²) in [6, 6.07) is 7.32. The summed E-state index contributed by atoms with van der Waals surface area (Å²) in [7, 11) is 4.09. The molecule has 0 amide bonds. The molecule has 1 aromatic carbocycles. The summed E-state index contributed by atoms with van der Waals surface area (Å²) in [5, 5.41) is 0. The molecule has 5 nitrogen and oxygen atoms in total. The summed E-state index contributed by atoms with van der Waals surface area (Å²) in [6.45, 7) is 0. The van der Waals surface area contributed by atoms with Crippen molar-refractivity contribution in [1.29, 1.82) is 0 Å². The van der Waals surface area contributed by atoms with Crippen LogP contribution in [0.5, 0.6) is 5.75 Å². The summed E-state index contributed by atoms with van der Waals surface area (Å²) in [4.78, 5) is 23.8. The number of methoxy groups -OCH3 is 3. The highest BCUT2D eigenvalue weighted by atomic mass is 16.5. The van der Waals surface area contributed by atoms with Crippen LogP contribution in [-0.4, -0.2) is 33.3 Å². The van der Waals surface area contributed by atoms with Crippen molar-refractivity contribution in [1.82, 2.24) is 0 Å². The van der Waals surface area contributed by atoms with Gasteiger partial charge in [0.05, 0.1) is 21.3 Å². The van der Waals surface area contributed by atoms with Crippen molar-refractivity contribution in [2.75, 3.05) is 21.3 Å². The first-order valence-corrected chi connectivity index (χ1v) is 5.91. The zero-order valence-corrected chi connectivity index (χ0v) is 11.1. The number of carbonyl (C=O) groups is 2. The van der Waals surface area contributed by atoms with Gasteiger partial charge in [-0.2, -0.15) is 0 Å². The molecular formula is C14H16O5. The number of rotatable bonds is 4. The quantitative estimate of drug-likeness (QED) is 0.609. The second-order valence-electron chi connectivity index (χ2n) is 4.45. The van der Waals surface area contributed by atoms with Gasteiger partial charge in [0, 0.05) is 5.92 Å². The van der Waals surface area contributed by atoms with Crippen molar-refractivity contribution in [3.8, 4) is 5.75 Å². The van der Waals surface area contributed by atoms with Crippen LogP contribution >= 0.6 is 0 Å². The van der Waals surface area contributed by atoms with Gasteiger partial charge in [0.25, 0.3) is 0 Å². The van der Waals surface area contributed by atoms with Crippen LogP contribution in [0.1, 0.15) is 17.9 Å². The lowest BCUT2D eigenvalue weighted by atomic mass is 9.98. The molecule has 0 bridgehead atoms. The van der Waals surface area contributed by atoms with Gasteiger partial charge in [-0.25, -0.2) is 0 Å². The maximum absolute atomic E-state index is 11.9. The second kappa shape index (κ2) is 4.91. The molecule has 1 aliphatic rings. The Bertz CT molecular complexity index is 492. The number of carbonyl (C=O) groups excluding carboxylic acids is 2. The molecule has 5 heteroatoms. The number of para-hydroxylation sites is 1. The molecule has 0 aliphatic heterocycles. The van der Waals surface area contributed by atoms with Gasteiger partial charge in [-0.1, -0.05) is 18.2 Å². The first kappa shape index (κ1) is 13.4. The molecule has 1 saturated carbocycles. The Hall–Kier alpha value is -2.04. The van der Waals surface area contributed by atoms with Crippen molar-refractivity contribution in [2.24, 2.45) is 5.41 Å². The lowest BCUT2D eigenvalue weighted by Gasteiger charge is -2.14. The first-order chi connectivity index (χ1) is 9.11. The molecule has 0 aromatic heterocycles. The van der Waals surface area contributed by atoms with Crippen molar-refractivity contribution in [3.63, 3.8) is 0 Å². The number of ether oxygens (including phenoxy) is 3. The van der Waals surface area contributed by atoms with Crippen LogP contribution < -0.4 is 4.74 Å². The lowest BCUT2D eigenvalue weighted by molar-refractivity contribution is -0.161. The number of hydrogen-bond donors (Lipinski definition) is 0. The van der Waals surface area contributed by atoms with Gasteiger partial charge in [-0.3, -0.25) is 9.59 Å². The molecule has 2 rings (SSSR count). The van der Waals surface area contributed by atoms with E-state index in [9.17, 15) is 9.59 Å². The van der Waals surface area contributed by atoms with Crippen LogP contribution in [0.4, 0.5) is 0 Å². The molecule has 19 heavy (non-hydrogen) atoms. The normalized spacial score (nSPS) is 19.4. The van der Waals surface area contributed by atoms with E-state index >= 15 is 0 Å². The van der Waals surface area contributed by atoms with E-state index in [0.717, 1.165) is 5.56 Å². The average molecular weight is 264 g/mol. The largest absolute Gasteiger partial charge is 0.496 e. The molecule has 0 spiro atoms. The van der Waals surface area contributed by atoms with E-state index in [-0.39, 0.29) is 5.92 Å². The summed E-state index contributed by atoms with van der Waals surface area (Å²) in [5.41, 5.74) is -0.404. The maximum Gasteiger partial charge on any atom is 0.323 e. The highest BCUT2D eigenvalue weighted by Gasteiger charge is 2.69. The summed E-state index contributed by atoms with van der Waals surface area (Å²) < 4.78 is 14.8. The van der Waals surface area contributed by atoms with Gasteiger partial charge < -0.3 is 14.2 Å². The number of hydrogen-bond acceptors (Lipinski definition) is 5. The zero-order valence-electron chi connectivity index (χ0n) is 11.1. The van der Waals surface area contributed by atoms with Crippen LogP contribution in [0.3, 0.4) is 0 Å². The standard InChI is InChI=1S/C14H16O5/c1-17-11-7-5-4-6-9(11)10-8-14(10,12(15)18-2)13(16)19-3/h4-7,10H,8H2,1-3H3. The van der Waals surface area contributed by atoms with Gasteiger partial charge in [0.15, 0.2) is 5.41 Å². The van der Waals surface area contributed by atoms with Gasteiger partial charge >= 0.3 is 11.9 Å². The summed E-state index contributed by atoms with van der Waals surface area (Å²) in [5.74, 6) is -0.726. The van der Waals surface area contributed by atoms with Crippen LogP contribution in [0.25, 0.3) is 0 Å². The Labute approximate surface area is 111 Å². The lowest BCUT2D eigenvalue weighted by Crippen LogP contribution is -2.30. The van der Waals surface area contributed by atoms with Crippen molar-refractivity contribution in [3.05, 3.63) is 29.8 Å². The highest BCUT2D eigenvalue weighted by molar-refractivity contribution is 6.05. The van der Waals surface area contributed by atoms with Gasteiger partial charge in [0.1, 0.15) is 5.75 Å². The first-order valence-electron chi connectivity index (χ1n) is 5.91. The summed E-state index contributed by atoms with van der Waals surface area (Å²) in [6.07, 6.45) is 0.382. The van der Waals surface area contributed by atoms with Crippen molar-refractivity contribution in [2.45, 2.75) is 12.3 Å². The minimum absolute atomic E-state index is 0.261. The molecule has 1 unspecified atom stereocenters. The third-order valence-electron chi connectivity index (χ3n) is 3.57. The second-order valence-corrected chi connectivity index (χ2v) is 4.45. The molecule has 1 aromatic rings. The van der Waals surface area contributed by atoms with E-state index < -0.39 is 17.4 Å². The Morgan fingerprint density at radius 2 is 1.68 bits per heavy atom. The molecule has 0 N–H and O–H groups in total. The number of benzene rings is 1. The molecule has 0 saturated heterocycles. The van der Waals surface area contributed by atoms with Crippen LogP contribution in [0.2, 0.25) is 0 Å². The Kier molecular flexibility index (Phi) is 3.46. The Morgan fingerprint density at radius 1 is 1.11 bits per heavy atom. The van der Waals surface area contributed by atoms with Gasteiger partial charge in [-0.05, 0) is 18.1 Å². The van der Waals surface area contributed by atoms with E-state index in [1.54, 1.807) is 13.2 Å². The van der Waals surface area contributed by atoms with Gasteiger partial charge in [0.2, 0.25) is 0 Å². The molecule has 102 valence electrons. The monoisotopic (exact) mass is 264 g/mol. The third kappa shape index (κ3) is 1.95. The van der Waals surface area contributed by atoms with E-state index in [0.29, 0.717) is 12.2 Å². The fraction of sp³-hybridized carbons (Fsp3) is 0.429. The van der Waals surface area contributed by atoms with Crippen molar-refractivity contribution < 1.29 is 23.8 Å². The Morgan fingerprint density at radius 3 is 2.21 bits per heavy atom. The van der Waals surface area contributed by atoms with Crippen LogP contribution in [0, 0.1) is 5.41 Å². The van der Waals surface area contributed by atoms with E-state index in [2.05, 4.69) is 0 Å².